The van der Waals surface area contributed by atoms with E-state index in [0.29, 0.717) is 9.14 Å². The molecule has 1 rings (SSSR count). The lowest BCUT2D eigenvalue weighted by atomic mass is 10.4. The molecule has 54 valence electrons. The summed E-state index contributed by atoms with van der Waals surface area (Å²) >= 11 is 6.20. The first-order valence-electron chi connectivity index (χ1n) is 2.36. The van der Waals surface area contributed by atoms with Gasteiger partial charge in [0.2, 0.25) is 0 Å². The smallest absolute Gasteiger partial charge is 0.284 e. The van der Waals surface area contributed by atoms with Gasteiger partial charge in [-0.3, -0.25) is 4.79 Å². The van der Waals surface area contributed by atoms with Crippen LogP contribution in [0.2, 0.25) is 0 Å². The van der Waals surface area contributed by atoms with Crippen LogP contribution in [0.15, 0.2) is 19.6 Å². The van der Waals surface area contributed by atoms with Crippen molar-refractivity contribution in [3.05, 3.63) is 21.0 Å². The monoisotopic (exact) mass is 267 g/mol. The van der Waals surface area contributed by atoms with Crippen LogP contribution < -0.4 is 5.73 Å². The molecular formula is C5H3Br2NO2. The molecule has 10 heavy (non-hydrogen) atoms. The third-order valence-electron chi connectivity index (χ3n) is 0.888. The molecule has 0 saturated carbocycles. The number of halogens is 2. The minimum absolute atomic E-state index is 0.138. The lowest BCUT2D eigenvalue weighted by Gasteiger charge is -1.82. The second-order valence-corrected chi connectivity index (χ2v) is 3.17. The first-order chi connectivity index (χ1) is 4.61. The van der Waals surface area contributed by atoms with Crippen molar-refractivity contribution in [3.8, 4) is 0 Å². The fraction of sp³-hybridized carbons (Fsp3) is 0. The van der Waals surface area contributed by atoms with Crippen molar-refractivity contribution in [2.75, 3.05) is 0 Å². The van der Waals surface area contributed by atoms with Gasteiger partial charge in [-0.05, 0) is 31.9 Å². The van der Waals surface area contributed by atoms with Crippen molar-refractivity contribution in [3.63, 3.8) is 0 Å². The predicted octanol–water partition coefficient (Wildman–Crippen LogP) is 1.90. The van der Waals surface area contributed by atoms with Crippen molar-refractivity contribution >= 4 is 37.8 Å². The molecule has 1 aromatic rings. The lowest BCUT2D eigenvalue weighted by Crippen LogP contribution is -2.09. The third kappa shape index (κ3) is 1.41. The van der Waals surface area contributed by atoms with Gasteiger partial charge in [0.05, 0.1) is 4.47 Å². The SMILES string of the molecule is NC(=O)c1cc(Br)c(Br)o1. The summed E-state index contributed by atoms with van der Waals surface area (Å²) in [6.45, 7) is 0. The van der Waals surface area contributed by atoms with Crippen molar-refractivity contribution < 1.29 is 9.21 Å². The molecule has 2 N–H and O–H groups in total. The lowest BCUT2D eigenvalue weighted by molar-refractivity contribution is 0.0972. The molecule has 0 atom stereocenters. The molecule has 0 aromatic carbocycles. The Morgan fingerprint density at radius 2 is 2.20 bits per heavy atom. The van der Waals surface area contributed by atoms with Crippen LogP contribution in [0.3, 0.4) is 0 Å². The summed E-state index contributed by atoms with van der Waals surface area (Å²) in [5.74, 6) is -0.440. The van der Waals surface area contributed by atoms with Gasteiger partial charge in [0.15, 0.2) is 10.4 Å². The van der Waals surface area contributed by atoms with Crippen LogP contribution in [0.5, 0.6) is 0 Å². The average molecular weight is 269 g/mol. The van der Waals surface area contributed by atoms with Crippen LogP contribution in [0, 0.1) is 0 Å². The Kier molecular flexibility index (Phi) is 2.15. The van der Waals surface area contributed by atoms with E-state index >= 15 is 0 Å². The number of nitrogens with two attached hydrogens (primary N) is 1. The number of hydrogen-bond acceptors (Lipinski definition) is 2. The molecule has 0 aliphatic carbocycles. The fourth-order valence-corrected chi connectivity index (χ4v) is 1.05. The minimum atomic E-state index is -0.577. The van der Waals surface area contributed by atoms with Crippen LogP contribution in [0.25, 0.3) is 0 Å². The number of hydrogen-bond donors (Lipinski definition) is 1. The van der Waals surface area contributed by atoms with Gasteiger partial charge < -0.3 is 10.2 Å². The van der Waals surface area contributed by atoms with E-state index in [2.05, 4.69) is 31.9 Å². The van der Waals surface area contributed by atoms with E-state index in [4.69, 9.17) is 10.2 Å². The topological polar surface area (TPSA) is 56.2 Å². The van der Waals surface area contributed by atoms with Crippen molar-refractivity contribution in [2.45, 2.75) is 0 Å². The van der Waals surface area contributed by atoms with Crippen molar-refractivity contribution in [1.29, 1.82) is 0 Å². The number of amides is 1. The maximum atomic E-state index is 10.5. The molecule has 0 spiro atoms. The van der Waals surface area contributed by atoms with E-state index in [-0.39, 0.29) is 5.76 Å². The van der Waals surface area contributed by atoms with Crippen LogP contribution in [0.4, 0.5) is 0 Å². The van der Waals surface area contributed by atoms with E-state index in [0.717, 1.165) is 0 Å². The highest BCUT2D eigenvalue weighted by molar-refractivity contribution is 9.13. The summed E-state index contributed by atoms with van der Waals surface area (Å²) in [4.78, 5) is 10.5. The Balaban J connectivity index is 3.10. The molecule has 0 radical (unpaired) electrons. The summed E-state index contributed by atoms with van der Waals surface area (Å²) in [5, 5.41) is 0. The van der Waals surface area contributed by atoms with Crippen LogP contribution >= 0.6 is 31.9 Å². The van der Waals surface area contributed by atoms with Crippen LogP contribution in [-0.2, 0) is 0 Å². The molecule has 5 heteroatoms. The molecule has 1 heterocycles. The van der Waals surface area contributed by atoms with E-state index in [1.807, 2.05) is 0 Å². The Hall–Kier alpha value is -0.290. The van der Waals surface area contributed by atoms with Gasteiger partial charge in [-0.1, -0.05) is 0 Å². The van der Waals surface area contributed by atoms with Gasteiger partial charge in [0, 0.05) is 6.07 Å². The number of carbonyl (C=O) groups is 1. The Morgan fingerprint density at radius 1 is 1.60 bits per heavy atom. The van der Waals surface area contributed by atoms with E-state index < -0.39 is 5.91 Å². The second-order valence-electron chi connectivity index (χ2n) is 1.60. The maximum absolute atomic E-state index is 10.5. The molecule has 0 bridgehead atoms. The summed E-state index contributed by atoms with van der Waals surface area (Å²) in [6, 6.07) is 1.51. The highest BCUT2D eigenvalue weighted by Gasteiger charge is 2.09. The predicted molar refractivity (Wildman–Crippen MR) is 42.6 cm³/mol. The molecule has 1 aromatic heterocycles. The summed E-state index contributed by atoms with van der Waals surface area (Å²) < 4.78 is 6.03. The Morgan fingerprint density at radius 3 is 2.40 bits per heavy atom. The van der Waals surface area contributed by atoms with Gasteiger partial charge >= 0.3 is 0 Å². The number of rotatable bonds is 1. The number of carbonyl (C=O) groups excluding carboxylic acids is 1. The van der Waals surface area contributed by atoms with E-state index in [9.17, 15) is 4.79 Å². The zero-order chi connectivity index (χ0) is 7.72. The van der Waals surface area contributed by atoms with Crippen molar-refractivity contribution in [1.82, 2.24) is 0 Å². The second kappa shape index (κ2) is 2.75. The number of primary amides is 1. The van der Waals surface area contributed by atoms with Gasteiger partial charge in [-0.2, -0.15) is 0 Å². The molecule has 3 nitrogen and oxygen atoms in total. The van der Waals surface area contributed by atoms with Gasteiger partial charge in [-0.15, -0.1) is 0 Å². The zero-order valence-corrected chi connectivity index (χ0v) is 7.90. The maximum Gasteiger partial charge on any atom is 0.284 e. The van der Waals surface area contributed by atoms with E-state index in [1.54, 1.807) is 0 Å². The first kappa shape index (κ1) is 7.81. The molecule has 0 unspecified atom stereocenters. The van der Waals surface area contributed by atoms with Crippen LogP contribution in [-0.4, -0.2) is 5.91 Å². The highest BCUT2D eigenvalue weighted by atomic mass is 79.9. The van der Waals surface area contributed by atoms with Crippen LogP contribution in [0.1, 0.15) is 10.6 Å². The molecule has 0 saturated heterocycles. The fourth-order valence-electron chi connectivity index (χ4n) is 0.468. The minimum Gasteiger partial charge on any atom is -0.443 e. The van der Waals surface area contributed by atoms with Crippen molar-refractivity contribution in [2.24, 2.45) is 5.73 Å². The Bertz CT molecular complexity index is 249. The van der Waals surface area contributed by atoms with Gasteiger partial charge in [0.1, 0.15) is 0 Å². The first-order valence-corrected chi connectivity index (χ1v) is 3.94. The number of furan rings is 1. The van der Waals surface area contributed by atoms with Gasteiger partial charge in [0.25, 0.3) is 5.91 Å². The van der Waals surface area contributed by atoms with Gasteiger partial charge in [-0.25, -0.2) is 0 Å². The molecule has 0 fully saturated rings. The molecular weight excluding hydrogens is 266 g/mol. The summed E-state index contributed by atoms with van der Waals surface area (Å²) in [7, 11) is 0. The quantitative estimate of drug-likeness (QED) is 0.846. The molecule has 0 aliphatic heterocycles. The molecule has 1 amide bonds. The van der Waals surface area contributed by atoms with E-state index in [1.165, 1.54) is 6.07 Å². The largest absolute Gasteiger partial charge is 0.443 e. The highest BCUT2D eigenvalue weighted by Crippen LogP contribution is 2.26. The summed E-state index contributed by atoms with van der Waals surface area (Å²) in [6.07, 6.45) is 0. The third-order valence-corrected chi connectivity index (χ3v) is 2.60. The summed E-state index contributed by atoms with van der Waals surface area (Å²) in [5.41, 5.74) is 4.92. The molecule has 0 aliphatic rings. The standard InChI is InChI=1S/C5H3Br2NO2/c6-2-1-3(5(8)9)10-4(2)7/h1H,(H2,8,9). The Labute approximate surface area is 73.8 Å². The average Bonchev–Trinajstić information content (AvgIpc) is 2.13. The zero-order valence-electron chi connectivity index (χ0n) is 4.73. The normalized spacial score (nSPS) is 9.80.